The summed E-state index contributed by atoms with van der Waals surface area (Å²) in [6.07, 6.45) is -4.73. The molecule has 3 nitrogen and oxygen atoms in total. The van der Waals surface area contributed by atoms with Gasteiger partial charge in [0.15, 0.2) is 0 Å². The second kappa shape index (κ2) is 6.77. The Morgan fingerprint density at radius 1 is 0.875 bits per heavy atom. The van der Waals surface area contributed by atoms with Crippen LogP contribution in [-0.4, -0.2) is 4.92 Å². The van der Waals surface area contributed by atoms with Gasteiger partial charge in [-0.2, -0.15) is 13.2 Å². The number of nitro benzene ring substituents is 1. The fraction of sp³-hybridized carbons (Fsp3) is 0.0769. The first-order valence-corrected chi connectivity index (χ1v) is 7.73. The van der Waals surface area contributed by atoms with Gasteiger partial charge in [0.2, 0.25) is 0 Å². The van der Waals surface area contributed by atoms with Crippen LogP contribution in [0.2, 0.25) is 25.1 Å². The minimum atomic E-state index is -4.73. The number of rotatable bonds is 2. The molecule has 0 atom stereocenters. The van der Waals surface area contributed by atoms with Crippen molar-refractivity contribution in [3.05, 3.63) is 59.0 Å². The predicted molar refractivity (Wildman–Crippen MR) is 88.6 cm³/mol. The maximum atomic E-state index is 12.9. The molecule has 0 N–H and O–H groups in total. The molecule has 0 aliphatic heterocycles. The zero-order valence-electron chi connectivity index (χ0n) is 11.0. The van der Waals surface area contributed by atoms with Gasteiger partial charge in [-0.3, -0.25) is 10.1 Å². The number of halogens is 8. The van der Waals surface area contributed by atoms with Gasteiger partial charge in [0.1, 0.15) is 0 Å². The van der Waals surface area contributed by atoms with E-state index in [2.05, 4.69) is 0 Å². The molecular formula is C13H3Cl5F3NO2. The molecule has 0 radical (unpaired) electrons. The summed E-state index contributed by atoms with van der Waals surface area (Å²) in [6, 6.07) is 1.82. The van der Waals surface area contributed by atoms with Gasteiger partial charge in [-0.05, 0) is 12.1 Å². The van der Waals surface area contributed by atoms with Gasteiger partial charge < -0.3 is 0 Å². The first-order chi connectivity index (χ1) is 11.0. The van der Waals surface area contributed by atoms with Crippen LogP contribution in [0.25, 0.3) is 11.1 Å². The van der Waals surface area contributed by atoms with Crippen LogP contribution in [0.3, 0.4) is 0 Å². The van der Waals surface area contributed by atoms with E-state index in [1.165, 1.54) is 0 Å². The summed E-state index contributed by atoms with van der Waals surface area (Å²) in [7, 11) is 0. The van der Waals surface area contributed by atoms with Crippen LogP contribution in [0.4, 0.5) is 18.9 Å². The lowest BCUT2D eigenvalue weighted by Gasteiger charge is -2.14. The minimum absolute atomic E-state index is 0.216. The van der Waals surface area contributed by atoms with Gasteiger partial charge in [0, 0.05) is 11.6 Å². The third-order valence-corrected chi connectivity index (χ3v) is 5.28. The van der Waals surface area contributed by atoms with Crippen molar-refractivity contribution in [1.29, 1.82) is 0 Å². The summed E-state index contributed by atoms with van der Waals surface area (Å²) in [5, 5.41) is 9.68. The lowest BCUT2D eigenvalue weighted by Crippen LogP contribution is -2.06. The van der Waals surface area contributed by atoms with E-state index >= 15 is 0 Å². The monoisotopic (exact) mass is 437 g/mol. The molecule has 0 heterocycles. The van der Waals surface area contributed by atoms with Gasteiger partial charge >= 0.3 is 6.18 Å². The molecule has 0 fully saturated rings. The second-order valence-corrected chi connectivity index (χ2v) is 6.32. The third kappa shape index (κ3) is 3.39. The van der Waals surface area contributed by atoms with E-state index in [9.17, 15) is 23.3 Å². The van der Waals surface area contributed by atoms with E-state index in [4.69, 9.17) is 58.0 Å². The summed E-state index contributed by atoms with van der Waals surface area (Å²) < 4.78 is 38.8. The Morgan fingerprint density at radius 2 is 1.33 bits per heavy atom. The van der Waals surface area contributed by atoms with E-state index in [1.807, 2.05) is 0 Å². The molecule has 0 aliphatic carbocycles. The molecule has 0 aromatic heterocycles. The van der Waals surface area contributed by atoms with Gasteiger partial charge in [0.05, 0.1) is 41.2 Å². The Hall–Kier alpha value is -0.920. The van der Waals surface area contributed by atoms with Crippen molar-refractivity contribution >= 4 is 63.7 Å². The van der Waals surface area contributed by atoms with E-state index in [1.54, 1.807) is 0 Å². The first kappa shape index (κ1) is 19.4. The SMILES string of the molecule is O=[N+]([O-])c1ccc(C(F)(F)F)cc1-c1c(Cl)c(Cl)c(Cl)c(Cl)c1Cl. The van der Waals surface area contributed by atoms with Gasteiger partial charge in [-0.15, -0.1) is 0 Å². The maximum absolute atomic E-state index is 12.9. The fourth-order valence-electron chi connectivity index (χ4n) is 1.91. The highest BCUT2D eigenvalue weighted by Crippen LogP contribution is 2.50. The molecule has 0 spiro atoms. The predicted octanol–water partition coefficient (Wildman–Crippen LogP) is 7.55. The Morgan fingerprint density at radius 3 is 1.75 bits per heavy atom. The Balaban J connectivity index is 2.93. The highest BCUT2D eigenvalue weighted by Gasteiger charge is 2.34. The van der Waals surface area contributed by atoms with Gasteiger partial charge in [0.25, 0.3) is 5.69 Å². The van der Waals surface area contributed by atoms with Crippen LogP contribution in [0.5, 0.6) is 0 Å². The molecule has 0 saturated heterocycles. The highest BCUT2D eigenvalue weighted by atomic mass is 35.5. The lowest BCUT2D eigenvalue weighted by atomic mass is 10.0. The van der Waals surface area contributed by atoms with Crippen molar-refractivity contribution in [3.63, 3.8) is 0 Å². The minimum Gasteiger partial charge on any atom is -0.258 e. The molecular weight excluding hydrogens is 436 g/mol. The van der Waals surface area contributed by atoms with Crippen molar-refractivity contribution < 1.29 is 18.1 Å². The zero-order valence-corrected chi connectivity index (χ0v) is 14.8. The molecule has 0 saturated carbocycles. The van der Waals surface area contributed by atoms with Crippen molar-refractivity contribution in [2.24, 2.45) is 0 Å². The zero-order chi connectivity index (χ0) is 18.4. The van der Waals surface area contributed by atoms with Crippen molar-refractivity contribution in [1.82, 2.24) is 0 Å². The van der Waals surface area contributed by atoms with Crippen molar-refractivity contribution in [2.75, 3.05) is 0 Å². The topological polar surface area (TPSA) is 43.1 Å². The summed E-state index contributed by atoms with van der Waals surface area (Å²) in [4.78, 5) is 10.3. The molecule has 128 valence electrons. The van der Waals surface area contributed by atoms with Crippen LogP contribution in [0.1, 0.15) is 5.56 Å². The molecule has 11 heteroatoms. The van der Waals surface area contributed by atoms with Crippen LogP contribution in [-0.2, 0) is 6.18 Å². The summed E-state index contributed by atoms with van der Waals surface area (Å²) in [6.45, 7) is 0. The van der Waals surface area contributed by atoms with E-state index < -0.39 is 27.9 Å². The number of hydrogen-bond acceptors (Lipinski definition) is 2. The smallest absolute Gasteiger partial charge is 0.258 e. The Bertz CT molecular complexity index is 825. The molecule has 2 aromatic rings. The van der Waals surface area contributed by atoms with E-state index in [-0.39, 0.29) is 30.7 Å². The van der Waals surface area contributed by atoms with Gasteiger partial charge in [-0.25, -0.2) is 0 Å². The fourth-order valence-corrected chi connectivity index (χ4v) is 3.26. The molecule has 24 heavy (non-hydrogen) atoms. The molecule has 0 aliphatic rings. The number of nitro groups is 1. The standard InChI is InChI=1S/C13H3Cl5F3NO2/c14-8-7(9(15)11(17)12(18)10(8)16)5-3-4(13(19,20)21)1-2-6(5)22(23)24/h1-3H. The largest absolute Gasteiger partial charge is 0.416 e. The maximum Gasteiger partial charge on any atom is 0.416 e. The Labute approximate surface area is 158 Å². The molecule has 0 amide bonds. The highest BCUT2D eigenvalue weighted by molar-refractivity contribution is 6.56. The van der Waals surface area contributed by atoms with E-state index in [0.717, 1.165) is 0 Å². The molecule has 0 unspecified atom stereocenters. The van der Waals surface area contributed by atoms with Crippen LogP contribution >= 0.6 is 58.0 Å². The molecule has 2 rings (SSSR count). The average molecular weight is 439 g/mol. The lowest BCUT2D eigenvalue weighted by molar-refractivity contribution is -0.384. The Kier molecular flexibility index (Phi) is 5.47. The van der Waals surface area contributed by atoms with Crippen LogP contribution in [0, 0.1) is 10.1 Å². The summed E-state index contributed by atoms with van der Waals surface area (Å²) in [5.41, 5.74) is -2.57. The normalized spacial score (nSPS) is 11.7. The van der Waals surface area contributed by atoms with Crippen LogP contribution in [0.15, 0.2) is 18.2 Å². The number of hydrogen-bond donors (Lipinski definition) is 0. The third-order valence-electron chi connectivity index (χ3n) is 3.00. The van der Waals surface area contributed by atoms with Crippen molar-refractivity contribution in [3.8, 4) is 11.1 Å². The summed E-state index contributed by atoms with van der Waals surface area (Å²) in [5.74, 6) is 0. The molecule has 0 bridgehead atoms. The van der Waals surface area contributed by atoms with Gasteiger partial charge in [-0.1, -0.05) is 58.0 Å². The first-order valence-electron chi connectivity index (χ1n) is 5.84. The number of alkyl halides is 3. The van der Waals surface area contributed by atoms with E-state index in [0.29, 0.717) is 18.2 Å². The average Bonchev–Trinajstić information content (AvgIpc) is 2.50. The second-order valence-electron chi connectivity index (χ2n) is 4.43. The summed E-state index contributed by atoms with van der Waals surface area (Å²) >= 11 is 29.5. The molecule has 2 aromatic carbocycles. The number of benzene rings is 2. The quantitative estimate of drug-likeness (QED) is 0.210. The van der Waals surface area contributed by atoms with Crippen molar-refractivity contribution in [2.45, 2.75) is 6.18 Å². The van der Waals surface area contributed by atoms with Crippen LogP contribution < -0.4 is 0 Å². The number of nitrogens with zero attached hydrogens (tertiary/aromatic N) is 1.